The Morgan fingerprint density at radius 3 is 2.68 bits per heavy atom. The summed E-state index contributed by atoms with van der Waals surface area (Å²) in [4.78, 5) is 29.1. The Labute approximate surface area is 161 Å². The van der Waals surface area contributed by atoms with Crippen molar-refractivity contribution in [2.24, 2.45) is 0 Å². The van der Waals surface area contributed by atoms with Gasteiger partial charge in [-0.25, -0.2) is 0 Å². The van der Waals surface area contributed by atoms with Gasteiger partial charge in [0, 0.05) is 23.7 Å². The fourth-order valence-electron chi connectivity index (χ4n) is 3.30. The number of nitro benzene ring substituents is 1. The molecule has 0 aliphatic rings. The van der Waals surface area contributed by atoms with E-state index in [1.54, 1.807) is 12.1 Å². The van der Waals surface area contributed by atoms with Crippen LogP contribution in [0.2, 0.25) is 0 Å². The van der Waals surface area contributed by atoms with Crippen LogP contribution >= 0.6 is 0 Å². The SMILES string of the molecule is CN(C)CCCCCNc1ccc([N+](=O)[O-])c2[nH]c3ccc(O)cc3c(=O)c12. The molecule has 0 bridgehead atoms. The number of phenolic OH excluding ortho intramolecular Hbond substituents is 1. The summed E-state index contributed by atoms with van der Waals surface area (Å²) in [5.74, 6) is -0.0295. The number of phenols is 1. The zero-order chi connectivity index (χ0) is 20.3. The second kappa shape index (κ2) is 8.26. The lowest BCUT2D eigenvalue weighted by Crippen LogP contribution is -2.13. The topological polar surface area (TPSA) is 112 Å². The number of benzene rings is 2. The largest absolute Gasteiger partial charge is 0.508 e. The van der Waals surface area contributed by atoms with Gasteiger partial charge >= 0.3 is 0 Å². The van der Waals surface area contributed by atoms with E-state index in [4.69, 9.17) is 0 Å². The van der Waals surface area contributed by atoms with E-state index >= 15 is 0 Å². The predicted molar refractivity (Wildman–Crippen MR) is 111 cm³/mol. The Bertz CT molecular complexity index is 1080. The number of H-pyrrole nitrogens is 1. The third kappa shape index (κ3) is 4.07. The minimum atomic E-state index is -0.504. The summed E-state index contributed by atoms with van der Waals surface area (Å²) in [6.45, 7) is 1.69. The molecule has 0 atom stereocenters. The third-order valence-corrected chi connectivity index (χ3v) is 4.71. The number of hydrogen-bond donors (Lipinski definition) is 3. The highest BCUT2D eigenvalue weighted by atomic mass is 16.6. The van der Waals surface area contributed by atoms with Crippen molar-refractivity contribution >= 4 is 33.2 Å². The summed E-state index contributed by atoms with van der Waals surface area (Å²) < 4.78 is 0. The highest BCUT2D eigenvalue weighted by molar-refractivity contribution is 6.03. The molecular formula is C20H24N4O4. The molecule has 28 heavy (non-hydrogen) atoms. The van der Waals surface area contributed by atoms with Crippen molar-refractivity contribution in [3.05, 3.63) is 50.7 Å². The summed E-state index contributed by atoms with van der Waals surface area (Å²) in [5.41, 5.74) is 0.682. The molecule has 8 heteroatoms. The number of pyridine rings is 1. The molecule has 148 valence electrons. The summed E-state index contributed by atoms with van der Waals surface area (Å²) in [7, 11) is 4.07. The minimum absolute atomic E-state index is 0.0295. The number of hydrogen-bond acceptors (Lipinski definition) is 6. The van der Waals surface area contributed by atoms with Crippen LogP contribution in [0.15, 0.2) is 35.1 Å². The lowest BCUT2D eigenvalue weighted by Gasteiger charge is -2.12. The van der Waals surface area contributed by atoms with Crippen molar-refractivity contribution in [3.8, 4) is 5.75 Å². The lowest BCUT2D eigenvalue weighted by atomic mass is 10.1. The number of nitrogens with zero attached hydrogens (tertiary/aromatic N) is 2. The molecule has 0 saturated heterocycles. The monoisotopic (exact) mass is 384 g/mol. The van der Waals surface area contributed by atoms with Gasteiger partial charge in [-0.1, -0.05) is 6.42 Å². The van der Waals surface area contributed by atoms with Gasteiger partial charge in [0.25, 0.3) is 5.69 Å². The molecule has 2 aromatic carbocycles. The molecule has 1 heterocycles. The first-order valence-electron chi connectivity index (χ1n) is 9.23. The maximum absolute atomic E-state index is 13.0. The summed E-state index contributed by atoms with van der Waals surface area (Å²) in [6, 6.07) is 7.33. The molecule has 3 N–H and O–H groups in total. The van der Waals surface area contributed by atoms with Crippen LogP contribution in [0.4, 0.5) is 11.4 Å². The first-order chi connectivity index (χ1) is 13.4. The van der Waals surface area contributed by atoms with Gasteiger partial charge in [0.1, 0.15) is 11.3 Å². The number of aromatic nitrogens is 1. The standard InChI is InChI=1S/C20H24N4O4/c1-23(2)11-5-3-4-10-21-16-8-9-17(24(27)28)19-18(16)20(26)14-12-13(25)6-7-15(14)22-19/h6-9,12,21,25H,3-5,10-11H2,1-2H3,(H,22,26). The molecule has 1 aromatic heterocycles. The van der Waals surface area contributed by atoms with Crippen LogP contribution < -0.4 is 10.7 Å². The van der Waals surface area contributed by atoms with Crippen LogP contribution in [-0.2, 0) is 0 Å². The van der Waals surface area contributed by atoms with E-state index in [0.717, 1.165) is 25.8 Å². The van der Waals surface area contributed by atoms with Crippen LogP contribution in [0.5, 0.6) is 5.75 Å². The van der Waals surface area contributed by atoms with Gasteiger partial charge in [-0.3, -0.25) is 14.9 Å². The molecule has 0 spiro atoms. The van der Waals surface area contributed by atoms with E-state index in [2.05, 4.69) is 15.2 Å². The Hall–Kier alpha value is -3.13. The van der Waals surface area contributed by atoms with E-state index in [0.29, 0.717) is 23.1 Å². The predicted octanol–water partition coefficient (Wildman–Crippen LogP) is 3.44. The summed E-state index contributed by atoms with van der Waals surface area (Å²) >= 11 is 0. The summed E-state index contributed by atoms with van der Waals surface area (Å²) in [6.07, 6.45) is 3.06. The van der Waals surface area contributed by atoms with E-state index in [1.807, 2.05) is 14.1 Å². The van der Waals surface area contributed by atoms with Crippen LogP contribution in [0.1, 0.15) is 19.3 Å². The maximum Gasteiger partial charge on any atom is 0.293 e. The molecule has 3 rings (SSSR count). The van der Waals surface area contributed by atoms with Crippen molar-refractivity contribution < 1.29 is 10.0 Å². The van der Waals surface area contributed by atoms with E-state index in [-0.39, 0.29) is 27.8 Å². The number of nitro groups is 1. The number of fused-ring (bicyclic) bond motifs is 2. The van der Waals surface area contributed by atoms with Gasteiger partial charge in [0.15, 0.2) is 5.43 Å². The molecule has 0 aliphatic heterocycles. The number of rotatable bonds is 8. The normalized spacial score (nSPS) is 11.4. The maximum atomic E-state index is 13.0. The van der Waals surface area contributed by atoms with Crippen molar-refractivity contribution in [1.82, 2.24) is 9.88 Å². The fourth-order valence-corrected chi connectivity index (χ4v) is 3.30. The molecule has 0 fully saturated rings. The van der Waals surface area contributed by atoms with Gasteiger partial charge in [0.05, 0.1) is 15.8 Å². The smallest absolute Gasteiger partial charge is 0.293 e. The number of aromatic amines is 1. The second-order valence-corrected chi connectivity index (χ2v) is 7.11. The Kier molecular flexibility index (Phi) is 5.79. The Morgan fingerprint density at radius 2 is 1.96 bits per heavy atom. The first-order valence-corrected chi connectivity index (χ1v) is 9.23. The van der Waals surface area contributed by atoms with E-state index in [1.165, 1.54) is 18.2 Å². The van der Waals surface area contributed by atoms with Crippen molar-refractivity contribution in [1.29, 1.82) is 0 Å². The van der Waals surface area contributed by atoms with Gasteiger partial charge in [-0.15, -0.1) is 0 Å². The average molecular weight is 384 g/mol. The average Bonchev–Trinajstić information content (AvgIpc) is 2.64. The molecule has 8 nitrogen and oxygen atoms in total. The number of nitrogens with one attached hydrogen (secondary N) is 2. The van der Waals surface area contributed by atoms with Crippen molar-refractivity contribution in [3.63, 3.8) is 0 Å². The van der Waals surface area contributed by atoms with E-state index < -0.39 is 4.92 Å². The van der Waals surface area contributed by atoms with Gasteiger partial charge < -0.3 is 20.3 Å². The molecular weight excluding hydrogens is 360 g/mol. The quantitative estimate of drug-likeness (QED) is 0.237. The molecule has 0 aliphatic carbocycles. The van der Waals surface area contributed by atoms with Gasteiger partial charge in [0.2, 0.25) is 0 Å². The Balaban J connectivity index is 1.97. The molecule has 0 amide bonds. The summed E-state index contributed by atoms with van der Waals surface area (Å²) in [5, 5.41) is 24.9. The van der Waals surface area contributed by atoms with Crippen LogP contribution in [0, 0.1) is 10.1 Å². The van der Waals surface area contributed by atoms with Crippen LogP contribution in [0.3, 0.4) is 0 Å². The molecule has 3 aromatic rings. The first kappa shape index (κ1) is 19.6. The second-order valence-electron chi connectivity index (χ2n) is 7.11. The lowest BCUT2D eigenvalue weighted by molar-refractivity contribution is -0.383. The zero-order valence-electron chi connectivity index (χ0n) is 16.0. The van der Waals surface area contributed by atoms with Gasteiger partial charge in [-0.2, -0.15) is 0 Å². The van der Waals surface area contributed by atoms with Crippen LogP contribution in [0.25, 0.3) is 21.8 Å². The highest BCUT2D eigenvalue weighted by Gasteiger charge is 2.19. The third-order valence-electron chi connectivity index (χ3n) is 4.71. The molecule has 0 radical (unpaired) electrons. The van der Waals surface area contributed by atoms with Gasteiger partial charge in [-0.05, 0) is 57.7 Å². The zero-order valence-corrected chi connectivity index (χ0v) is 16.0. The number of anilines is 1. The number of aromatic hydroxyl groups is 1. The highest BCUT2D eigenvalue weighted by Crippen LogP contribution is 2.30. The van der Waals surface area contributed by atoms with Crippen LogP contribution in [-0.4, -0.2) is 47.1 Å². The Morgan fingerprint density at radius 1 is 1.18 bits per heavy atom. The van der Waals surface area contributed by atoms with Crippen molar-refractivity contribution in [2.75, 3.05) is 32.5 Å². The van der Waals surface area contributed by atoms with Crippen molar-refractivity contribution in [2.45, 2.75) is 19.3 Å². The minimum Gasteiger partial charge on any atom is -0.508 e. The van der Waals surface area contributed by atoms with E-state index in [9.17, 15) is 20.0 Å². The number of non-ortho nitro benzene ring substituents is 1. The molecule has 0 unspecified atom stereocenters. The molecule has 0 saturated carbocycles. The number of unbranched alkanes of at least 4 members (excludes halogenated alkanes) is 2. The fraction of sp³-hybridized carbons (Fsp3) is 0.350.